The van der Waals surface area contributed by atoms with Crippen LogP contribution in [0.15, 0.2) is 0 Å². The van der Waals surface area contributed by atoms with Crippen LogP contribution >= 0.6 is 12.6 Å². The summed E-state index contributed by atoms with van der Waals surface area (Å²) in [7, 11) is 0. The molecule has 0 aromatic heterocycles. The van der Waals surface area contributed by atoms with Crippen LogP contribution in [0.4, 0.5) is 0 Å². The van der Waals surface area contributed by atoms with E-state index in [2.05, 4.69) is 23.3 Å². The Bertz CT molecular complexity index is 703. The Labute approximate surface area is 183 Å². The topological polar surface area (TPSA) is 225 Å². The highest BCUT2D eigenvalue weighted by Gasteiger charge is 2.32. The molecule has 13 nitrogen and oxygen atoms in total. The summed E-state index contributed by atoms with van der Waals surface area (Å²) in [6.45, 7) is 3.56. The Morgan fingerprint density at radius 3 is 1.65 bits per heavy atom. The molecule has 3 amide bonds. The predicted octanol–water partition coefficient (Wildman–Crippen LogP) is -2.22. The van der Waals surface area contributed by atoms with Crippen molar-refractivity contribution >= 4 is 48.3 Å². The van der Waals surface area contributed by atoms with Crippen molar-refractivity contribution in [3.05, 3.63) is 0 Å². The van der Waals surface area contributed by atoms with Gasteiger partial charge in [-0.25, -0.2) is 4.79 Å². The van der Waals surface area contributed by atoms with E-state index in [0.29, 0.717) is 6.42 Å². The lowest BCUT2D eigenvalue weighted by molar-refractivity contribution is -0.148. The fourth-order valence-electron chi connectivity index (χ4n) is 2.28. The fraction of sp³-hybridized carbons (Fsp3) is 0.647. The number of aliphatic carboxylic acids is 3. The number of amides is 3. The third-order valence-electron chi connectivity index (χ3n) is 4.38. The van der Waals surface area contributed by atoms with Crippen LogP contribution in [-0.4, -0.2) is 80.9 Å². The van der Waals surface area contributed by atoms with Gasteiger partial charge < -0.3 is 37.0 Å². The van der Waals surface area contributed by atoms with Gasteiger partial charge in [0.15, 0.2) is 0 Å². The van der Waals surface area contributed by atoms with Crippen molar-refractivity contribution in [3.8, 4) is 0 Å². The molecule has 0 saturated carbocycles. The number of rotatable bonds is 14. The van der Waals surface area contributed by atoms with Gasteiger partial charge in [-0.15, -0.1) is 0 Å². The summed E-state index contributed by atoms with van der Waals surface area (Å²) < 4.78 is 0. The summed E-state index contributed by atoms with van der Waals surface area (Å²) in [5.74, 6) is -7.86. The summed E-state index contributed by atoms with van der Waals surface area (Å²) in [4.78, 5) is 69.9. The van der Waals surface area contributed by atoms with E-state index in [1.807, 2.05) is 12.2 Å². The molecule has 0 aliphatic carbocycles. The lowest BCUT2D eigenvalue weighted by Crippen LogP contribution is -2.58. The molecule has 0 heterocycles. The van der Waals surface area contributed by atoms with Gasteiger partial charge in [-0.1, -0.05) is 20.3 Å². The van der Waals surface area contributed by atoms with Crippen LogP contribution in [0.1, 0.15) is 33.1 Å². The zero-order valence-electron chi connectivity index (χ0n) is 17.0. The normalized spacial score (nSPS) is 15.5. The molecule has 0 radical (unpaired) electrons. The zero-order valence-corrected chi connectivity index (χ0v) is 17.9. The molecule has 176 valence electrons. The maximum Gasteiger partial charge on any atom is 0.326 e. The van der Waals surface area contributed by atoms with Crippen LogP contribution in [0, 0.1) is 5.92 Å². The number of carbonyl (C=O) groups excluding carboxylic acids is 3. The molecule has 5 unspecified atom stereocenters. The zero-order chi connectivity index (χ0) is 24.3. The van der Waals surface area contributed by atoms with Crippen molar-refractivity contribution in [2.45, 2.75) is 57.3 Å². The summed E-state index contributed by atoms with van der Waals surface area (Å²) in [5.41, 5.74) is 5.80. The van der Waals surface area contributed by atoms with Crippen LogP contribution < -0.4 is 21.7 Å². The molecule has 0 aliphatic heterocycles. The molecule has 0 rings (SSSR count). The number of carboxylic acids is 3. The van der Waals surface area contributed by atoms with Crippen molar-refractivity contribution in [1.29, 1.82) is 0 Å². The first-order valence-electron chi connectivity index (χ1n) is 9.27. The molecule has 8 N–H and O–H groups in total. The van der Waals surface area contributed by atoms with Gasteiger partial charge in [0.2, 0.25) is 17.7 Å². The second-order valence-electron chi connectivity index (χ2n) is 6.81. The minimum atomic E-state index is -1.84. The molecule has 0 bridgehead atoms. The van der Waals surface area contributed by atoms with Gasteiger partial charge in [0.05, 0.1) is 18.9 Å². The Morgan fingerprint density at radius 1 is 0.806 bits per heavy atom. The highest BCUT2D eigenvalue weighted by molar-refractivity contribution is 7.80. The highest BCUT2D eigenvalue weighted by atomic mass is 32.1. The molecule has 0 fully saturated rings. The van der Waals surface area contributed by atoms with E-state index in [1.165, 1.54) is 0 Å². The van der Waals surface area contributed by atoms with Crippen LogP contribution in [0.25, 0.3) is 0 Å². The Balaban J connectivity index is 5.34. The molecule has 0 saturated heterocycles. The molecule has 0 spiro atoms. The number of thiol groups is 1. The minimum Gasteiger partial charge on any atom is -0.481 e. The Hall–Kier alpha value is -2.87. The summed E-state index contributed by atoms with van der Waals surface area (Å²) in [6.07, 6.45) is -1.28. The molecular weight excluding hydrogens is 436 g/mol. The number of nitrogens with one attached hydrogen (secondary N) is 3. The molecule has 0 aromatic rings. The molecule has 14 heteroatoms. The van der Waals surface area contributed by atoms with Gasteiger partial charge in [0, 0.05) is 5.75 Å². The number of carbonyl (C=O) groups is 6. The number of nitrogens with two attached hydrogens (primary N) is 1. The first-order chi connectivity index (χ1) is 14.3. The standard InChI is InChI=1S/C17H28N4O9S/c1-3-7(2)13(18)16(28)21-10(6-31)15(27)19-8(4-11(22)23)14(26)20-9(17(29)30)5-12(24)25/h7-10,13,31H,3-6,18H2,1-2H3,(H,19,27)(H,20,26)(H,21,28)(H,22,23)(H,24,25)(H,29,30). The maximum absolute atomic E-state index is 12.5. The molecule has 31 heavy (non-hydrogen) atoms. The molecule has 5 atom stereocenters. The van der Waals surface area contributed by atoms with E-state index >= 15 is 0 Å². The van der Waals surface area contributed by atoms with E-state index in [9.17, 15) is 28.8 Å². The van der Waals surface area contributed by atoms with Gasteiger partial charge in [0.1, 0.15) is 18.1 Å². The lowest BCUT2D eigenvalue weighted by atomic mass is 9.99. The van der Waals surface area contributed by atoms with Crippen molar-refractivity contribution in [2.75, 3.05) is 5.75 Å². The molecular formula is C17H28N4O9S. The van der Waals surface area contributed by atoms with Gasteiger partial charge in [-0.05, 0) is 5.92 Å². The molecule has 0 aliphatic rings. The van der Waals surface area contributed by atoms with Crippen molar-refractivity contribution in [1.82, 2.24) is 16.0 Å². The van der Waals surface area contributed by atoms with Gasteiger partial charge in [-0.3, -0.25) is 24.0 Å². The average molecular weight is 464 g/mol. The number of hydrogen-bond acceptors (Lipinski definition) is 8. The van der Waals surface area contributed by atoms with E-state index in [0.717, 1.165) is 0 Å². The quantitative estimate of drug-likeness (QED) is 0.129. The van der Waals surface area contributed by atoms with Crippen molar-refractivity contribution in [3.63, 3.8) is 0 Å². The first kappa shape index (κ1) is 28.1. The average Bonchev–Trinajstić information content (AvgIpc) is 2.68. The van der Waals surface area contributed by atoms with Gasteiger partial charge >= 0.3 is 17.9 Å². The fourth-order valence-corrected chi connectivity index (χ4v) is 2.53. The first-order valence-corrected chi connectivity index (χ1v) is 9.91. The van der Waals surface area contributed by atoms with E-state index in [4.69, 9.17) is 21.1 Å². The van der Waals surface area contributed by atoms with Crippen LogP contribution in [-0.2, 0) is 28.8 Å². The smallest absolute Gasteiger partial charge is 0.326 e. The number of carboxylic acid groups (broad SMARTS) is 3. The largest absolute Gasteiger partial charge is 0.481 e. The monoisotopic (exact) mass is 464 g/mol. The van der Waals surface area contributed by atoms with E-state index in [-0.39, 0.29) is 11.7 Å². The summed E-state index contributed by atoms with van der Waals surface area (Å²) in [6, 6.07) is -5.75. The van der Waals surface area contributed by atoms with Crippen LogP contribution in [0.2, 0.25) is 0 Å². The second kappa shape index (κ2) is 13.4. The third kappa shape index (κ3) is 10.1. The van der Waals surface area contributed by atoms with Crippen molar-refractivity contribution < 1.29 is 44.1 Å². The van der Waals surface area contributed by atoms with Crippen LogP contribution in [0.5, 0.6) is 0 Å². The van der Waals surface area contributed by atoms with Gasteiger partial charge in [0.25, 0.3) is 0 Å². The van der Waals surface area contributed by atoms with E-state index < -0.39 is 72.6 Å². The summed E-state index contributed by atoms with van der Waals surface area (Å²) >= 11 is 3.96. The SMILES string of the molecule is CCC(C)C(N)C(=O)NC(CS)C(=O)NC(CC(=O)O)C(=O)NC(CC(=O)O)C(=O)O. The van der Waals surface area contributed by atoms with E-state index in [1.54, 1.807) is 6.92 Å². The number of hydrogen-bond donors (Lipinski definition) is 8. The van der Waals surface area contributed by atoms with Gasteiger partial charge in [-0.2, -0.15) is 12.6 Å². The minimum absolute atomic E-state index is 0.184. The Kier molecular flexibility index (Phi) is 12.2. The third-order valence-corrected chi connectivity index (χ3v) is 4.75. The predicted molar refractivity (Wildman–Crippen MR) is 109 cm³/mol. The van der Waals surface area contributed by atoms with Crippen molar-refractivity contribution in [2.24, 2.45) is 11.7 Å². The Morgan fingerprint density at radius 2 is 1.23 bits per heavy atom. The lowest BCUT2D eigenvalue weighted by Gasteiger charge is -2.24. The molecule has 0 aromatic carbocycles. The van der Waals surface area contributed by atoms with Crippen LogP contribution in [0.3, 0.4) is 0 Å². The highest BCUT2D eigenvalue weighted by Crippen LogP contribution is 2.06. The maximum atomic E-state index is 12.5. The second-order valence-corrected chi connectivity index (χ2v) is 7.18. The summed E-state index contributed by atoms with van der Waals surface area (Å²) in [5, 5.41) is 33.1.